The van der Waals surface area contributed by atoms with Crippen molar-refractivity contribution >= 4 is 0 Å². The number of nitrogens with zero attached hydrogens (tertiary/aromatic N) is 1. The van der Waals surface area contributed by atoms with Crippen molar-refractivity contribution in [2.45, 2.75) is 37.8 Å². The average molecular weight is 184 g/mol. The fraction of sp³-hybridized carbons (Fsp3) is 1.00. The van der Waals surface area contributed by atoms with Crippen molar-refractivity contribution in [3.05, 3.63) is 0 Å². The molecule has 0 aromatic heterocycles. The molecule has 13 heavy (non-hydrogen) atoms. The molecule has 2 N–H and O–H groups in total. The molecule has 1 unspecified atom stereocenters. The minimum Gasteiger partial charge on any atom is -0.392 e. The van der Waals surface area contributed by atoms with Gasteiger partial charge in [0.25, 0.3) is 0 Å². The molecule has 0 radical (unpaired) electrons. The fourth-order valence-electron chi connectivity index (χ4n) is 2.49. The van der Waals surface area contributed by atoms with Crippen molar-refractivity contribution in [3.63, 3.8) is 0 Å². The van der Waals surface area contributed by atoms with Gasteiger partial charge in [0.05, 0.1) is 6.10 Å². The number of piperidine rings is 2. The number of β-amino-alcohol motifs (C(OH)–C–C–N with tert-alkyl or cyclic N) is 1. The zero-order valence-electron chi connectivity index (χ0n) is 8.21. The first-order valence-electron chi connectivity index (χ1n) is 5.49. The Labute approximate surface area is 80.1 Å². The highest BCUT2D eigenvalue weighted by Gasteiger charge is 2.25. The van der Waals surface area contributed by atoms with Crippen LogP contribution in [0.4, 0.5) is 0 Å². The van der Waals surface area contributed by atoms with Gasteiger partial charge in [-0.1, -0.05) is 0 Å². The van der Waals surface area contributed by atoms with Gasteiger partial charge >= 0.3 is 0 Å². The second-order valence-electron chi connectivity index (χ2n) is 4.27. The molecule has 0 saturated carbocycles. The zero-order valence-corrected chi connectivity index (χ0v) is 8.21. The number of hydrogen-bond donors (Lipinski definition) is 2. The third-order valence-electron chi connectivity index (χ3n) is 3.25. The van der Waals surface area contributed by atoms with Gasteiger partial charge < -0.3 is 10.4 Å². The summed E-state index contributed by atoms with van der Waals surface area (Å²) >= 11 is 0. The predicted octanol–water partition coefficient (Wildman–Crippen LogP) is 0.195. The van der Waals surface area contributed by atoms with E-state index in [9.17, 15) is 5.11 Å². The summed E-state index contributed by atoms with van der Waals surface area (Å²) < 4.78 is 0. The Kier molecular flexibility index (Phi) is 3.19. The van der Waals surface area contributed by atoms with Gasteiger partial charge in [0.2, 0.25) is 0 Å². The lowest BCUT2D eigenvalue weighted by Crippen LogP contribution is -2.48. The molecule has 2 heterocycles. The van der Waals surface area contributed by atoms with Crippen molar-refractivity contribution in [1.82, 2.24) is 10.2 Å². The number of nitrogens with one attached hydrogen (secondary N) is 1. The molecule has 0 aromatic rings. The molecule has 2 aliphatic rings. The molecule has 76 valence electrons. The highest BCUT2D eigenvalue weighted by molar-refractivity contribution is 4.82. The molecule has 3 heteroatoms. The molecule has 0 aliphatic carbocycles. The maximum Gasteiger partial charge on any atom is 0.0667 e. The lowest BCUT2D eigenvalue weighted by Gasteiger charge is -2.38. The number of likely N-dealkylation sites (tertiary alicyclic amines) is 1. The first-order chi connectivity index (χ1) is 6.36. The van der Waals surface area contributed by atoms with Crippen LogP contribution in [0, 0.1) is 0 Å². The van der Waals surface area contributed by atoms with E-state index in [1.807, 2.05) is 0 Å². The molecule has 2 fully saturated rings. The molecular formula is C10H20N2O. The van der Waals surface area contributed by atoms with Gasteiger partial charge in [-0.2, -0.15) is 0 Å². The van der Waals surface area contributed by atoms with E-state index >= 15 is 0 Å². The summed E-state index contributed by atoms with van der Waals surface area (Å²) in [5.74, 6) is 0. The topological polar surface area (TPSA) is 35.5 Å². The maximum absolute atomic E-state index is 9.55. The molecule has 2 aliphatic heterocycles. The lowest BCUT2D eigenvalue weighted by atomic mass is 10.00. The van der Waals surface area contributed by atoms with Crippen LogP contribution in [0.5, 0.6) is 0 Å². The van der Waals surface area contributed by atoms with Gasteiger partial charge in [0, 0.05) is 12.6 Å². The summed E-state index contributed by atoms with van der Waals surface area (Å²) in [6.07, 6.45) is 4.62. The third kappa shape index (κ3) is 2.42. The van der Waals surface area contributed by atoms with Gasteiger partial charge in [-0.3, -0.25) is 4.90 Å². The fourth-order valence-corrected chi connectivity index (χ4v) is 2.49. The summed E-state index contributed by atoms with van der Waals surface area (Å²) in [7, 11) is 0. The molecule has 0 amide bonds. The molecule has 3 nitrogen and oxygen atoms in total. The zero-order chi connectivity index (χ0) is 9.10. The highest BCUT2D eigenvalue weighted by atomic mass is 16.3. The SMILES string of the molecule is OC1CCCN(C2CCNCC2)C1. The quantitative estimate of drug-likeness (QED) is 0.611. The largest absolute Gasteiger partial charge is 0.392 e. The van der Waals surface area contributed by atoms with Gasteiger partial charge in [0.15, 0.2) is 0 Å². The van der Waals surface area contributed by atoms with Crippen LogP contribution in [-0.2, 0) is 0 Å². The third-order valence-corrected chi connectivity index (χ3v) is 3.25. The van der Waals surface area contributed by atoms with Crippen molar-refractivity contribution in [3.8, 4) is 0 Å². The van der Waals surface area contributed by atoms with E-state index in [0.717, 1.165) is 32.1 Å². The molecule has 2 rings (SSSR count). The molecule has 1 atom stereocenters. The van der Waals surface area contributed by atoms with Crippen LogP contribution in [0.3, 0.4) is 0 Å². The van der Waals surface area contributed by atoms with Crippen molar-refractivity contribution < 1.29 is 5.11 Å². The van der Waals surface area contributed by atoms with E-state index in [2.05, 4.69) is 10.2 Å². The van der Waals surface area contributed by atoms with Crippen LogP contribution in [-0.4, -0.2) is 48.3 Å². The van der Waals surface area contributed by atoms with Crippen molar-refractivity contribution in [1.29, 1.82) is 0 Å². The van der Waals surface area contributed by atoms with Gasteiger partial charge in [-0.05, 0) is 45.3 Å². The number of aliphatic hydroxyl groups excluding tert-OH is 1. The Balaban J connectivity index is 1.83. The molecule has 0 bridgehead atoms. The second kappa shape index (κ2) is 4.40. The van der Waals surface area contributed by atoms with Crippen molar-refractivity contribution in [2.75, 3.05) is 26.2 Å². The highest BCUT2D eigenvalue weighted by Crippen LogP contribution is 2.18. The molecule has 0 spiro atoms. The normalized spacial score (nSPS) is 33.5. The van der Waals surface area contributed by atoms with Gasteiger partial charge in [0.1, 0.15) is 0 Å². The van der Waals surface area contributed by atoms with E-state index in [4.69, 9.17) is 0 Å². The molecule has 0 aromatic carbocycles. The van der Waals surface area contributed by atoms with Crippen LogP contribution in [0.15, 0.2) is 0 Å². The summed E-state index contributed by atoms with van der Waals surface area (Å²) in [4.78, 5) is 2.48. The van der Waals surface area contributed by atoms with Crippen LogP contribution in [0.1, 0.15) is 25.7 Å². The van der Waals surface area contributed by atoms with E-state index in [0.29, 0.717) is 0 Å². The monoisotopic (exact) mass is 184 g/mol. The summed E-state index contributed by atoms with van der Waals surface area (Å²) in [5, 5.41) is 12.9. The van der Waals surface area contributed by atoms with Crippen LogP contribution in [0.25, 0.3) is 0 Å². The number of rotatable bonds is 1. The second-order valence-corrected chi connectivity index (χ2v) is 4.27. The minimum atomic E-state index is -0.0661. The molecule has 2 saturated heterocycles. The Morgan fingerprint density at radius 1 is 1.15 bits per heavy atom. The first kappa shape index (κ1) is 9.44. The van der Waals surface area contributed by atoms with E-state index in [-0.39, 0.29) is 6.10 Å². The Hall–Kier alpha value is -0.120. The summed E-state index contributed by atoms with van der Waals surface area (Å²) in [6, 6.07) is 0.733. The Bertz CT molecular complexity index is 157. The van der Waals surface area contributed by atoms with Crippen LogP contribution >= 0.6 is 0 Å². The van der Waals surface area contributed by atoms with Gasteiger partial charge in [-0.25, -0.2) is 0 Å². The maximum atomic E-state index is 9.55. The summed E-state index contributed by atoms with van der Waals surface area (Å²) in [5.41, 5.74) is 0. The Morgan fingerprint density at radius 2 is 1.92 bits per heavy atom. The number of hydrogen-bond acceptors (Lipinski definition) is 3. The Morgan fingerprint density at radius 3 is 2.62 bits per heavy atom. The van der Waals surface area contributed by atoms with Crippen LogP contribution in [0.2, 0.25) is 0 Å². The smallest absolute Gasteiger partial charge is 0.0667 e. The van der Waals surface area contributed by atoms with E-state index < -0.39 is 0 Å². The van der Waals surface area contributed by atoms with E-state index in [1.54, 1.807) is 0 Å². The van der Waals surface area contributed by atoms with Crippen LogP contribution < -0.4 is 5.32 Å². The minimum absolute atomic E-state index is 0.0661. The predicted molar refractivity (Wildman–Crippen MR) is 52.7 cm³/mol. The van der Waals surface area contributed by atoms with Gasteiger partial charge in [-0.15, -0.1) is 0 Å². The lowest BCUT2D eigenvalue weighted by molar-refractivity contribution is 0.0381. The van der Waals surface area contributed by atoms with Crippen molar-refractivity contribution in [2.24, 2.45) is 0 Å². The number of aliphatic hydroxyl groups is 1. The first-order valence-corrected chi connectivity index (χ1v) is 5.49. The summed E-state index contributed by atoms with van der Waals surface area (Å²) in [6.45, 7) is 4.40. The molecular weight excluding hydrogens is 164 g/mol. The standard InChI is InChI=1S/C10H20N2O/c13-10-2-1-7-12(8-10)9-3-5-11-6-4-9/h9-11,13H,1-8H2. The van der Waals surface area contributed by atoms with E-state index in [1.165, 1.54) is 25.8 Å². The average Bonchev–Trinajstić information content (AvgIpc) is 2.19.